The highest BCUT2D eigenvalue weighted by Crippen LogP contribution is 2.30. The minimum absolute atomic E-state index is 0.283. The van der Waals surface area contributed by atoms with Gasteiger partial charge in [0.25, 0.3) is 0 Å². The number of rotatable bonds is 6. The summed E-state index contributed by atoms with van der Waals surface area (Å²) in [7, 11) is 2.15. The van der Waals surface area contributed by atoms with Crippen molar-refractivity contribution in [2.24, 2.45) is 17.4 Å². The molecule has 4 heteroatoms. The zero-order valence-corrected chi connectivity index (χ0v) is 13.0. The Balaban J connectivity index is 2.49. The molecule has 2 unspecified atom stereocenters. The molecule has 0 bridgehead atoms. The Hall–Kier alpha value is -0.610. The van der Waals surface area contributed by atoms with E-state index in [4.69, 9.17) is 11.5 Å². The molecule has 0 radical (unpaired) electrons. The molecule has 112 valence electrons. The van der Waals surface area contributed by atoms with Crippen LogP contribution in [0.5, 0.6) is 0 Å². The first-order valence-electron chi connectivity index (χ1n) is 7.58. The van der Waals surface area contributed by atoms with Crippen LogP contribution in [0.3, 0.4) is 0 Å². The van der Waals surface area contributed by atoms with Crippen molar-refractivity contribution < 1.29 is 4.79 Å². The number of amides is 1. The van der Waals surface area contributed by atoms with Gasteiger partial charge in [-0.15, -0.1) is 0 Å². The van der Waals surface area contributed by atoms with Gasteiger partial charge in [-0.05, 0) is 58.9 Å². The van der Waals surface area contributed by atoms with Crippen LogP contribution in [0.4, 0.5) is 0 Å². The van der Waals surface area contributed by atoms with Crippen LogP contribution in [0.25, 0.3) is 0 Å². The minimum Gasteiger partial charge on any atom is -0.368 e. The van der Waals surface area contributed by atoms with E-state index in [0.29, 0.717) is 12.5 Å². The van der Waals surface area contributed by atoms with Crippen LogP contribution in [0.2, 0.25) is 0 Å². The molecular weight excluding hydrogens is 238 g/mol. The van der Waals surface area contributed by atoms with Gasteiger partial charge >= 0.3 is 0 Å². The lowest BCUT2D eigenvalue weighted by molar-refractivity contribution is -0.123. The van der Waals surface area contributed by atoms with Crippen LogP contribution >= 0.6 is 0 Å². The zero-order valence-electron chi connectivity index (χ0n) is 13.0. The first-order chi connectivity index (χ1) is 8.77. The third kappa shape index (κ3) is 4.46. The van der Waals surface area contributed by atoms with Gasteiger partial charge in [0.2, 0.25) is 5.91 Å². The topological polar surface area (TPSA) is 72.3 Å². The second-order valence-corrected chi connectivity index (χ2v) is 6.58. The molecule has 1 saturated carbocycles. The monoisotopic (exact) mass is 269 g/mol. The number of nitrogens with two attached hydrogens (primary N) is 2. The molecule has 0 aliphatic heterocycles. The van der Waals surface area contributed by atoms with Gasteiger partial charge in [0.1, 0.15) is 0 Å². The molecule has 4 nitrogen and oxygen atoms in total. The number of hydrogen-bond acceptors (Lipinski definition) is 3. The normalized spacial score (nSPS) is 28.9. The fourth-order valence-corrected chi connectivity index (χ4v) is 3.18. The van der Waals surface area contributed by atoms with Crippen LogP contribution in [-0.2, 0) is 4.79 Å². The van der Waals surface area contributed by atoms with E-state index >= 15 is 0 Å². The third-order valence-corrected chi connectivity index (χ3v) is 4.95. The van der Waals surface area contributed by atoms with Crippen molar-refractivity contribution in [3.05, 3.63) is 0 Å². The van der Waals surface area contributed by atoms with Gasteiger partial charge in [0, 0.05) is 12.1 Å². The van der Waals surface area contributed by atoms with Crippen LogP contribution in [-0.4, -0.2) is 35.5 Å². The van der Waals surface area contributed by atoms with E-state index in [9.17, 15) is 4.79 Å². The summed E-state index contributed by atoms with van der Waals surface area (Å²) in [4.78, 5) is 13.7. The largest absolute Gasteiger partial charge is 0.368 e. The van der Waals surface area contributed by atoms with E-state index in [1.165, 1.54) is 32.1 Å². The van der Waals surface area contributed by atoms with Crippen LogP contribution in [0, 0.1) is 5.92 Å². The van der Waals surface area contributed by atoms with Crippen LogP contribution in [0.1, 0.15) is 59.3 Å². The molecule has 1 amide bonds. The molecule has 0 saturated heterocycles. The number of carbonyl (C=O) groups excluding carboxylic acids is 1. The van der Waals surface area contributed by atoms with Crippen molar-refractivity contribution in [2.75, 3.05) is 7.05 Å². The Morgan fingerprint density at radius 1 is 1.37 bits per heavy atom. The standard InChI is InChI=1S/C15H31N3O/c1-5-12-6-8-13(9-7-12)18(4)11(2)10-15(3,17)14(16)19/h11-13H,5-10,17H2,1-4H3,(H2,16,19). The van der Waals surface area contributed by atoms with Crippen LogP contribution < -0.4 is 11.5 Å². The van der Waals surface area contributed by atoms with Gasteiger partial charge in [-0.3, -0.25) is 4.79 Å². The Labute approximate surface area is 117 Å². The maximum atomic E-state index is 11.3. The molecule has 0 aromatic heterocycles. The lowest BCUT2D eigenvalue weighted by Crippen LogP contribution is -2.54. The lowest BCUT2D eigenvalue weighted by Gasteiger charge is -2.39. The van der Waals surface area contributed by atoms with Gasteiger partial charge in [0.15, 0.2) is 0 Å². The number of carbonyl (C=O) groups is 1. The molecule has 0 aromatic rings. The van der Waals surface area contributed by atoms with Gasteiger partial charge in [-0.25, -0.2) is 0 Å². The van der Waals surface area contributed by atoms with Gasteiger partial charge < -0.3 is 16.4 Å². The fraction of sp³-hybridized carbons (Fsp3) is 0.933. The fourth-order valence-electron chi connectivity index (χ4n) is 3.18. The molecule has 1 aliphatic rings. The van der Waals surface area contributed by atoms with E-state index in [0.717, 1.165) is 5.92 Å². The van der Waals surface area contributed by atoms with E-state index in [2.05, 4.69) is 25.8 Å². The summed E-state index contributed by atoms with van der Waals surface area (Å²) in [6.45, 7) is 6.15. The van der Waals surface area contributed by atoms with Gasteiger partial charge in [-0.1, -0.05) is 13.3 Å². The Morgan fingerprint density at radius 2 is 1.89 bits per heavy atom. The lowest BCUT2D eigenvalue weighted by atomic mass is 9.83. The second kappa shape index (κ2) is 6.71. The van der Waals surface area contributed by atoms with E-state index in [-0.39, 0.29) is 6.04 Å². The Morgan fingerprint density at radius 3 is 2.32 bits per heavy atom. The highest BCUT2D eigenvalue weighted by atomic mass is 16.1. The van der Waals surface area contributed by atoms with Crippen molar-refractivity contribution in [2.45, 2.75) is 76.9 Å². The Kier molecular flexibility index (Phi) is 5.81. The molecule has 19 heavy (non-hydrogen) atoms. The molecular formula is C15H31N3O. The summed E-state index contributed by atoms with van der Waals surface area (Å²) in [5.74, 6) is 0.493. The summed E-state index contributed by atoms with van der Waals surface area (Å²) in [5.41, 5.74) is 10.4. The van der Waals surface area contributed by atoms with Crippen molar-refractivity contribution in [3.8, 4) is 0 Å². The summed E-state index contributed by atoms with van der Waals surface area (Å²) in [6.07, 6.45) is 7.09. The van der Waals surface area contributed by atoms with Crippen LogP contribution in [0.15, 0.2) is 0 Å². The van der Waals surface area contributed by atoms with E-state index in [1.807, 2.05) is 0 Å². The molecule has 1 aliphatic carbocycles. The highest BCUT2D eigenvalue weighted by molar-refractivity contribution is 5.83. The molecule has 0 heterocycles. The minimum atomic E-state index is -0.908. The molecule has 0 aromatic carbocycles. The summed E-state index contributed by atoms with van der Waals surface area (Å²) >= 11 is 0. The smallest absolute Gasteiger partial charge is 0.237 e. The Bertz CT molecular complexity index is 296. The molecule has 1 fully saturated rings. The SMILES string of the molecule is CCC1CCC(N(C)C(C)CC(C)(N)C(N)=O)CC1. The average molecular weight is 269 g/mol. The zero-order chi connectivity index (χ0) is 14.6. The molecule has 1 rings (SSSR count). The highest BCUT2D eigenvalue weighted by Gasteiger charge is 2.32. The third-order valence-electron chi connectivity index (χ3n) is 4.95. The summed E-state index contributed by atoms with van der Waals surface area (Å²) in [5, 5.41) is 0. The maximum Gasteiger partial charge on any atom is 0.237 e. The number of primary amides is 1. The molecule has 4 N–H and O–H groups in total. The quantitative estimate of drug-likeness (QED) is 0.773. The second-order valence-electron chi connectivity index (χ2n) is 6.58. The van der Waals surface area contributed by atoms with Crippen molar-refractivity contribution in [1.82, 2.24) is 4.90 Å². The average Bonchev–Trinajstić information content (AvgIpc) is 2.37. The molecule has 0 spiro atoms. The maximum absolute atomic E-state index is 11.3. The van der Waals surface area contributed by atoms with Crippen molar-refractivity contribution in [3.63, 3.8) is 0 Å². The predicted octanol–water partition coefficient (Wildman–Crippen LogP) is 1.87. The summed E-state index contributed by atoms with van der Waals surface area (Å²) in [6, 6.07) is 0.909. The van der Waals surface area contributed by atoms with Gasteiger partial charge in [0.05, 0.1) is 5.54 Å². The van der Waals surface area contributed by atoms with E-state index in [1.54, 1.807) is 6.92 Å². The first-order valence-corrected chi connectivity index (χ1v) is 7.58. The predicted molar refractivity (Wildman–Crippen MR) is 79.7 cm³/mol. The first kappa shape index (κ1) is 16.4. The van der Waals surface area contributed by atoms with E-state index < -0.39 is 11.4 Å². The van der Waals surface area contributed by atoms with Crippen molar-refractivity contribution in [1.29, 1.82) is 0 Å². The number of hydrogen-bond donors (Lipinski definition) is 2. The number of nitrogens with zero attached hydrogens (tertiary/aromatic N) is 1. The van der Waals surface area contributed by atoms with Gasteiger partial charge in [-0.2, -0.15) is 0 Å². The summed E-state index contributed by atoms with van der Waals surface area (Å²) < 4.78 is 0. The molecule has 2 atom stereocenters. The van der Waals surface area contributed by atoms with Crippen molar-refractivity contribution >= 4 is 5.91 Å².